The molecule has 0 aliphatic carbocycles. The van der Waals surface area contributed by atoms with Crippen LogP contribution in [0, 0.1) is 6.92 Å². The van der Waals surface area contributed by atoms with Crippen molar-refractivity contribution in [2.24, 2.45) is 7.05 Å². The van der Waals surface area contributed by atoms with Crippen molar-refractivity contribution in [3.8, 4) is 11.1 Å². The van der Waals surface area contributed by atoms with E-state index in [0.717, 1.165) is 11.1 Å². The highest BCUT2D eigenvalue weighted by atomic mass is 16.5. The van der Waals surface area contributed by atoms with Crippen LogP contribution in [0.5, 0.6) is 0 Å². The van der Waals surface area contributed by atoms with Gasteiger partial charge in [0.1, 0.15) is 0 Å². The van der Waals surface area contributed by atoms with E-state index in [9.17, 15) is 0 Å². The molecule has 4 heteroatoms. The second kappa shape index (κ2) is 3.38. The largest absolute Gasteiger partial charge is 0.367 e. The Labute approximate surface area is 98.6 Å². The topological polar surface area (TPSA) is 57.0 Å². The molecule has 2 aromatic heterocycles. The molecule has 0 saturated carbocycles. The molecule has 0 saturated heterocycles. The van der Waals surface area contributed by atoms with Gasteiger partial charge >= 0.3 is 0 Å². The van der Waals surface area contributed by atoms with Gasteiger partial charge in [-0.25, -0.2) is 0 Å². The van der Waals surface area contributed by atoms with Gasteiger partial charge in [-0.15, -0.1) is 0 Å². The number of hydrogen-bond donors (Lipinski definition) is 1. The second-order valence-electron chi connectivity index (χ2n) is 4.26. The smallest absolute Gasteiger partial charge is 0.229 e. The number of aryl methyl sites for hydroxylation is 2. The third-order valence-electron chi connectivity index (χ3n) is 3.10. The van der Waals surface area contributed by atoms with Gasteiger partial charge in [-0.05, 0) is 30.2 Å². The first-order valence-corrected chi connectivity index (χ1v) is 5.43. The summed E-state index contributed by atoms with van der Waals surface area (Å²) >= 11 is 0. The molecule has 0 aliphatic rings. The van der Waals surface area contributed by atoms with E-state index in [-0.39, 0.29) is 0 Å². The Morgan fingerprint density at radius 1 is 1.35 bits per heavy atom. The normalized spacial score (nSPS) is 11.2. The second-order valence-corrected chi connectivity index (χ2v) is 4.26. The van der Waals surface area contributed by atoms with E-state index >= 15 is 0 Å². The lowest BCUT2D eigenvalue weighted by Crippen LogP contribution is -1.86. The maximum absolute atomic E-state index is 5.73. The number of anilines is 1. The zero-order valence-corrected chi connectivity index (χ0v) is 9.77. The van der Waals surface area contributed by atoms with Gasteiger partial charge in [-0.1, -0.05) is 11.2 Å². The van der Waals surface area contributed by atoms with Gasteiger partial charge in [0.15, 0.2) is 0 Å². The lowest BCUT2D eigenvalue weighted by atomic mass is 10.1. The molecule has 0 amide bonds. The molecule has 17 heavy (non-hydrogen) atoms. The van der Waals surface area contributed by atoms with Crippen LogP contribution in [0.3, 0.4) is 0 Å². The molecule has 0 aliphatic heterocycles. The predicted octanol–water partition coefficient (Wildman–Crippen LogP) is 2.72. The maximum atomic E-state index is 5.73. The number of aromatic nitrogens is 2. The van der Waals surface area contributed by atoms with Gasteiger partial charge in [0.05, 0.1) is 11.8 Å². The first kappa shape index (κ1) is 9.96. The molecule has 0 atom stereocenters. The molecule has 0 bridgehead atoms. The van der Waals surface area contributed by atoms with Gasteiger partial charge in [-0.2, -0.15) is 0 Å². The summed E-state index contributed by atoms with van der Waals surface area (Å²) in [5.41, 5.74) is 10.1. The summed E-state index contributed by atoms with van der Waals surface area (Å²) < 4.78 is 7.01. The van der Waals surface area contributed by atoms with Crippen LogP contribution in [0.1, 0.15) is 5.56 Å². The van der Waals surface area contributed by atoms with Crippen molar-refractivity contribution >= 4 is 16.8 Å². The van der Waals surface area contributed by atoms with Gasteiger partial charge in [-0.3, -0.25) is 0 Å². The number of nitrogens with two attached hydrogens (primary N) is 1. The lowest BCUT2D eigenvalue weighted by molar-refractivity contribution is 0.436. The van der Waals surface area contributed by atoms with Crippen LogP contribution in [-0.4, -0.2) is 9.72 Å². The van der Waals surface area contributed by atoms with Gasteiger partial charge < -0.3 is 14.8 Å². The summed E-state index contributed by atoms with van der Waals surface area (Å²) in [6.45, 7) is 2.10. The summed E-state index contributed by atoms with van der Waals surface area (Å²) in [5.74, 6) is 0.359. The summed E-state index contributed by atoms with van der Waals surface area (Å²) in [7, 11) is 2.04. The van der Waals surface area contributed by atoms with E-state index in [4.69, 9.17) is 10.3 Å². The molecule has 3 rings (SSSR count). The summed E-state index contributed by atoms with van der Waals surface area (Å²) in [6.07, 6.45) is 3.76. The van der Waals surface area contributed by atoms with E-state index in [1.807, 2.05) is 13.1 Å². The van der Waals surface area contributed by atoms with E-state index in [1.165, 1.54) is 16.5 Å². The molecule has 0 fully saturated rings. The highest BCUT2D eigenvalue weighted by molar-refractivity contribution is 5.89. The van der Waals surface area contributed by atoms with Crippen LogP contribution < -0.4 is 5.73 Å². The Balaban J connectivity index is 2.27. The van der Waals surface area contributed by atoms with Crippen LogP contribution in [0.25, 0.3) is 22.0 Å². The number of fused-ring (bicyclic) bond motifs is 1. The van der Waals surface area contributed by atoms with E-state index in [1.54, 1.807) is 6.20 Å². The zero-order valence-electron chi connectivity index (χ0n) is 9.77. The van der Waals surface area contributed by atoms with Crippen LogP contribution >= 0.6 is 0 Å². The molecule has 86 valence electrons. The SMILES string of the molecule is Cc1cn(C)c2ccc(-c3cnoc3N)cc12. The zero-order chi connectivity index (χ0) is 12.0. The summed E-state index contributed by atoms with van der Waals surface area (Å²) in [6, 6.07) is 6.24. The molecule has 0 radical (unpaired) electrons. The highest BCUT2D eigenvalue weighted by Crippen LogP contribution is 2.30. The van der Waals surface area contributed by atoms with Crippen molar-refractivity contribution in [3.63, 3.8) is 0 Å². The molecular formula is C13H13N3O. The fourth-order valence-corrected chi connectivity index (χ4v) is 2.22. The monoisotopic (exact) mass is 227 g/mol. The fourth-order valence-electron chi connectivity index (χ4n) is 2.22. The minimum absolute atomic E-state index is 0.359. The standard InChI is InChI=1S/C13H13N3O/c1-8-7-16(2)12-4-3-9(5-10(8)12)11-6-15-17-13(11)14/h3-7H,14H2,1-2H3. The molecule has 3 aromatic rings. The number of hydrogen-bond acceptors (Lipinski definition) is 3. The number of benzene rings is 1. The average Bonchev–Trinajstić information content (AvgIpc) is 2.84. The van der Waals surface area contributed by atoms with Crippen LogP contribution in [0.15, 0.2) is 35.1 Å². The van der Waals surface area contributed by atoms with Gasteiger partial charge in [0.25, 0.3) is 0 Å². The third-order valence-corrected chi connectivity index (χ3v) is 3.10. The minimum atomic E-state index is 0.359. The average molecular weight is 227 g/mol. The van der Waals surface area contributed by atoms with Crippen LogP contribution in [0.2, 0.25) is 0 Å². The maximum Gasteiger partial charge on any atom is 0.229 e. The van der Waals surface area contributed by atoms with Crippen LogP contribution in [-0.2, 0) is 7.05 Å². The first-order chi connectivity index (χ1) is 8.16. The van der Waals surface area contributed by atoms with E-state index in [2.05, 4.69) is 35.0 Å². The predicted molar refractivity (Wildman–Crippen MR) is 67.6 cm³/mol. The highest BCUT2D eigenvalue weighted by Gasteiger charge is 2.09. The van der Waals surface area contributed by atoms with Crippen molar-refractivity contribution in [1.82, 2.24) is 9.72 Å². The molecule has 2 heterocycles. The number of rotatable bonds is 1. The first-order valence-electron chi connectivity index (χ1n) is 5.43. The molecule has 0 spiro atoms. The van der Waals surface area contributed by atoms with Gasteiger partial charge in [0, 0.05) is 24.1 Å². The van der Waals surface area contributed by atoms with Crippen molar-refractivity contribution in [3.05, 3.63) is 36.2 Å². The molecule has 4 nitrogen and oxygen atoms in total. The Bertz CT molecular complexity index is 694. The lowest BCUT2D eigenvalue weighted by Gasteiger charge is -2.00. The van der Waals surface area contributed by atoms with Crippen molar-refractivity contribution in [1.29, 1.82) is 0 Å². The Hall–Kier alpha value is -2.23. The van der Waals surface area contributed by atoms with Crippen LogP contribution in [0.4, 0.5) is 5.88 Å². The molecule has 0 unspecified atom stereocenters. The fraction of sp³-hybridized carbons (Fsp3) is 0.154. The van der Waals surface area contributed by atoms with Gasteiger partial charge in [0.2, 0.25) is 5.88 Å². The summed E-state index contributed by atoms with van der Waals surface area (Å²) in [4.78, 5) is 0. The Kier molecular flexibility index (Phi) is 1.98. The number of nitrogens with zero attached hydrogens (tertiary/aromatic N) is 2. The quantitative estimate of drug-likeness (QED) is 0.695. The van der Waals surface area contributed by atoms with Crippen molar-refractivity contribution in [2.45, 2.75) is 6.92 Å². The molecule has 1 aromatic carbocycles. The molecular weight excluding hydrogens is 214 g/mol. The van der Waals surface area contributed by atoms with E-state index < -0.39 is 0 Å². The van der Waals surface area contributed by atoms with Crippen molar-refractivity contribution < 1.29 is 4.52 Å². The summed E-state index contributed by atoms with van der Waals surface area (Å²) in [5, 5.41) is 4.93. The van der Waals surface area contributed by atoms with Crippen molar-refractivity contribution in [2.75, 3.05) is 5.73 Å². The Morgan fingerprint density at radius 2 is 2.18 bits per heavy atom. The number of nitrogen functional groups attached to an aromatic ring is 1. The minimum Gasteiger partial charge on any atom is -0.367 e. The van der Waals surface area contributed by atoms with E-state index in [0.29, 0.717) is 5.88 Å². The Morgan fingerprint density at radius 3 is 2.88 bits per heavy atom. The third kappa shape index (κ3) is 1.41. The molecule has 2 N–H and O–H groups in total.